The molecular formula is ClIKPt. The first-order valence-corrected chi connectivity index (χ1v) is 2.94. The molecule has 0 N–H and O–H groups in total. The van der Waals surface area contributed by atoms with Gasteiger partial charge in [-0.1, -0.05) is 0 Å². The molecule has 4 heavy (non-hydrogen) atoms. The predicted octanol–water partition coefficient (Wildman–Crippen LogP) is -5.30. The van der Waals surface area contributed by atoms with E-state index in [9.17, 15) is 0 Å². The van der Waals surface area contributed by atoms with E-state index >= 15 is 0 Å². The summed E-state index contributed by atoms with van der Waals surface area (Å²) in [7, 11) is 4.61. The first-order chi connectivity index (χ1) is 1.00. The largest absolute Gasteiger partial charge is 1.00 e. The van der Waals surface area contributed by atoms with Crippen LogP contribution in [0.3, 0.4) is 0 Å². The van der Waals surface area contributed by atoms with E-state index in [1.54, 1.807) is 18.8 Å². The molecule has 0 aliphatic heterocycles. The summed E-state index contributed by atoms with van der Waals surface area (Å²) < 4.78 is 0. The van der Waals surface area contributed by atoms with Gasteiger partial charge >= 0.3 is 79.6 Å². The molecule has 0 aliphatic carbocycles. The van der Waals surface area contributed by atoms with Gasteiger partial charge in [0.15, 0.2) is 0 Å². The summed E-state index contributed by atoms with van der Waals surface area (Å²) in [6.07, 6.45) is 0. The topological polar surface area (TPSA) is 0 Å². The second-order valence-electron chi connectivity index (χ2n) is 0. The molecule has 4 heteroatoms. The van der Waals surface area contributed by atoms with Crippen molar-refractivity contribution in [1.82, 2.24) is 0 Å². The third-order valence-corrected chi connectivity index (χ3v) is 0. The van der Waals surface area contributed by atoms with Crippen molar-refractivity contribution in [1.29, 1.82) is 0 Å². The predicted molar refractivity (Wildman–Crippen MR) is 5.85 cm³/mol. The van der Waals surface area contributed by atoms with Crippen LogP contribution in [0.2, 0.25) is 0 Å². The minimum Gasteiger partial charge on any atom is -1.00 e. The van der Waals surface area contributed by atoms with E-state index in [0.29, 0.717) is 0 Å². The van der Waals surface area contributed by atoms with E-state index in [1.165, 1.54) is 0 Å². The molecule has 0 radical (unpaired) electrons. The van der Waals surface area contributed by atoms with Crippen LogP contribution in [0.1, 0.15) is 0 Å². The molecule has 0 fully saturated rings. The maximum absolute atomic E-state index is 4.61. The molecule has 0 saturated carbocycles. The average Bonchev–Trinajstić information content (AvgIpc) is 1.00. The van der Waals surface area contributed by atoms with Crippen molar-refractivity contribution in [3.63, 3.8) is 0 Å². The minimum atomic E-state index is 0. The summed E-state index contributed by atoms with van der Waals surface area (Å²) in [4.78, 5) is 0. The van der Waals surface area contributed by atoms with Gasteiger partial charge in [0.1, 0.15) is 0 Å². The maximum Gasteiger partial charge on any atom is 1.00 e. The van der Waals surface area contributed by atoms with Gasteiger partial charge in [0.25, 0.3) is 0 Å². The second-order valence-corrected chi connectivity index (χ2v) is 0. The van der Waals surface area contributed by atoms with E-state index in [-0.39, 0.29) is 75.4 Å². The molecule has 0 spiro atoms. The van der Waals surface area contributed by atoms with Gasteiger partial charge in [-0.15, -0.1) is 0 Å². The molecule has 0 amide bonds. The van der Waals surface area contributed by atoms with E-state index in [2.05, 4.69) is 9.42 Å². The molecule has 0 nitrogen and oxygen atoms in total. The zero-order chi connectivity index (χ0) is 2.00. The van der Waals surface area contributed by atoms with Crippen molar-refractivity contribution in [3.05, 3.63) is 0 Å². The number of rotatable bonds is 0. The van der Waals surface area contributed by atoms with Crippen molar-refractivity contribution in [2.45, 2.75) is 0 Å². The molecule has 0 saturated heterocycles. The van der Waals surface area contributed by atoms with E-state index in [4.69, 9.17) is 0 Å². The maximum atomic E-state index is 4.61. The van der Waals surface area contributed by atoms with Gasteiger partial charge in [-0.2, -0.15) is 0 Å². The third kappa shape index (κ3) is 9.02. The van der Waals surface area contributed by atoms with Gasteiger partial charge in [0.2, 0.25) is 0 Å². The Morgan fingerprint density at radius 3 is 1.25 bits per heavy atom. The molecule has 0 heterocycles. The van der Waals surface area contributed by atoms with Gasteiger partial charge in [-0.3, -0.25) is 0 Å². The fraction of sp³-hybridized carbons (Fsp3) is 0. The summed E-state index contributed by atoms with van der Waals surface area (Å²) in [6, 6.07) is 0. The fourth-order valence-electron chi connectivity index (χ4n) is 0. The molecule has 0 unspecified atom stereocenters. The monoisotopic (exact) mass is 396 g/mol. The molecule has 0 aromatic heterocycles. The zero-order valence-electron chi connectivity index (χ0n) is 2.07. The van der Waals surface area contributed by atoms with Crippen molar-refractivity contribution in [2.24, 2.45) is 0 Å². The van der Waals surface area contributed by atoms with Crippen molar-refractivity contribution >= 4 is 9.42 Å². The number of halogens is 2. The van der Waals surface area contributed by atoms with Crippen LogP contribution in [-0.4, -0.2) is 0 Å². The number of hydrogen-bond donors (Lipinski definition) is 0. The molecular weight excluding hydrogens is 397 g/mol. The summed E-state index contributed by atoms with van der Waals surface area (Å²) in [6.45, 7) is 0. The molecule has 0 atom stereocenters. The molecule has 0 bridgehead atoms. The Hall–Kier alpha value is 3.34. The van der Waals surface area contributed by atoms with Crippen LogP contribution in [0.4, 0.5) is 0 Å². The van der Waals surface area contributed by atoms with Crippen LogP contribution in [0.15, 0.2) is 0 Å². The SMILES string of the molecule is [Cl][Pt].[I-].[K+]. The van der Waals surface area contributed by atoms with Crippen LogP contribution >= 0.6 is 9.42 Å². The summed E-state index contributed by atoms with van der Waals surface area (Å²) in [5.41, 5.74) is 0. The molecule has 0 aromatic rings. The van der Waals surface area contributed by atoms with Crippen LogP contribution in [-0.2, 0) is 18.8 Å². The van der Waals surface area contributed by atoms with Crippen LogP contribution in [0.5, 0.6) is 0 Å². The summed E-state index contributed by atoms with van der Waals surface area (Å²) >= 11 is 1.61. The average molecular weight is 397 g/mol. The summed E-state index contributed by atoms with van der Waals surface area (Å²) in [5, 5.41) is 0. The molecule has 25 valence electrons. The van der Waals surface area contributed by atoms with E-state index < -0.39 is 0 Å². The van der Waals surface area contributed by atoms with Crippen molar-refractivity contribution in [3.8, 4) is 0 Å². The fourth-order valence-corrected chi connectivity index (χ4v) is 0. The van der Waals surface area contributed by atoms with Crippen molar-refractivity contribution in [2.75, 3.05) is 0 Å². The molecule has 0 aliphatic rings. The standard InChI is InChI=1S/ClH.HI.K.Pt/h2*1H;;/q;;2*+1/p-2. The summed E-state index contributed by atoms with van der Waals surface area (Å²) in [5.74, 6) is 0. The van der Waals surface area contributed by atoms with Crippen LogP contribution in [0, 0.1) is 0 Å². The molecule has 0 rings (SSSR count). The van der Waals surface area contributed by atoms with Gasteiger partial charge in [-0.05, 0) is 0 Å². The smallest absolute Gasteiger partial charge is 1.00 e. The molecule has 0 aromatic carbocycles. The Bertz CT molecular complexity index is 8.00. The minimum absolute atomic E-state index is 0. The Labute approximate surface area is 101 Å². The Kier molecular flexibility index (Phi) is 63.4. The first-order valence-electron chi connectivity index (χ1n) is 0.120. The quantitative estimate of drug-likeness (QED) is 0.284. The van der Waals surface area contributed by atoms with Gasteiger partial charge in [0, 0.05) is 0 Å². The van der Waals surface area contributed by atoms with Crippen LogP contribution < -0.4 is 75.4 Å². The first kappa shape index (κ1) is 15.7. The second kappa shape index (κ2) is 16.2. The number of hydrogen-bond acceptors (Lipinski definition) is 0. The van der Waals surface area contributed by atoms with Crippen molar-refractivity contribution < 1.29 is 94.1 Å². The van der Waals surface area contributed by atoms with E-state index in [0.717, 1.165) is 0 Å². The van der Waals surface area contributed by atoms with Crippen LogP contribution in [0.25, 0.3) is 0 Å². The van der Waals surface area contributed by atoms with Gasteiger partial charge in [-0.25, -0.2) is 0 Å². The zero-order valence-corrected chi connectivity index (χ0v) is 10.4. The Balaban J connectivity index is -0.00000000500. The van der Waals surface area contributed by atoms with Gasteiger partial charge < -0.3 is 24.0 Å². The Morgan fingerprint density at radius 2 is 1.25 bits per heavy atom. The van der Waals surface area contributed by atoms with Gasteiger partial charge in [0.05, 0.1) is 0 Å². The normalized spacial score (nSPS) is 1.75. The van der Waals surface area contributed by atoms with E-state index in [1.807, 2.05) is 0 Å². The Morgan fingerprint density at radius 1 is 1.25 bits per heavy atom. The third-order valence-electron chi connectivity index (χ3n) is 0.